The summed E-state index contributed by atoms with van der Waals surface area (Å²) in [6.07, 6.45) is -0.392. The van der Waals surface area contributed by atoms with Gasteiger partial charge in [0.25, 0.3) is 0 Å². The highest BCUT2D eigenvalue weighted by molar-refractivity contribution is 5.65. The van der Waals surface area contributed by atoms with Gasteiger partial charge in [0, 0.05) is 13.1 Å². The number of nitrogens with zero attached hydrogens (tertiary/aromatic N) is 1. The first kappa shape index (κ1) is 12.8. The van der Waals surface area contributed by atoms with Crippen molar-refractivity contribution in [3.05, 3.63) is 35.1 Å². The molecule has 98 valence electrons. The second-order valence-electron chi connectivity index (χ2n) is 4.82. The Morgan fingerprint density at radius 1 is 1.33 bits per heavy atom. The molecule has 1 amide bonds. The standard InChI is InChI=1S/C13H16FNO3/c1-9-6-10(8-11(14)7-9)13(18)2-4-15(5-3-13)12(16)17/h6-8,18H,2-5H2,1H3,(H,16,17). The van der Waals surface area contributed by atoms with Gasteiger partial charge in [0.05, 0.1) is 5.60 Å². The van der Waals surface area contributed by atoms with E-state index in [1.165, 1.54) is 17.0 Å². The van der Waals surface area contributed by atoms with E-state index in [4.69, 9.17) is 5.11 Å². The van der Waals surface area contributed by atoms with Gasteiger partial charge in [-0.25, -0.2) is 9.18 Å². The third kappa shape index (κ3) is 2.46. The Balaban J connectivity index is 2.20. The average Bonchev–Trinajstić information content (AvgIpc) is 2.28. The first-order valence-electron chi connectivity index (χ1n) is 5.89. The quantitative estimate of drug-likeness (QED) is 0.805. The van der Waals surface area contributed by atoms with Crippen LogP contribution in [0.3, 0.4) is 0 Å². The van der Waals surface area contributed by atoms with E-state index in [1.807, 2.05) is 0 Å². The summed E-state index contributed by atoms with van der Waals surface area (Å²) in [5.41, 5.74) is 0.155. The van der Waals surface area contributed by atoms with Gasteiger partial charge in [-0.15, -0.1) is 0 Å². The van der Waals surface area contributed by atoms with E-state index >= 15 is 0 Å². The molecule has 18 heavy (non-hydrogen) atoms. The first-order chi connectivity index (χ1) is 8.40. The molecule has 0 unspecified atom stereocenters. The molecule has 0 aliphatic carbocycles. The molecule has 1 aromatic rings. The van der Waals surface area contributed by atoms with Crippen LogP contribution in [0.5, 0.6) is 0 Å². The van der Waals surface area contributed by atoms with E-state index in [0.29, 0.717) is 18.4 Å². The van der Waals surface area contributed by atoms with Crippen LogP contribution < -0.4 is 0 Å². The summed E-state index contributed by atoms with van der Waals surface area (Å²) in [7, 11) is 0. The Morgan fingerprint density at radius 2 is 1.94 bits per heavy atom. The number of amides is 1. The van der Waals surface area contributed by atoms with Crippen LogP contribution in [0, 0.1) is 12.7 Å². The van der Waals surface area contributed by atoms with Crippen LogP contribution >= 0.6 is 0 Å². The fourth-order valence-electron chi connectivity index (χ4n) is 2.36. The SMILES string of the molecule is Cc1cc(F)cc(C2(O)CCN(C(=O)O)CC2)c1. The van der Waals surface area contributed by atoms with E-state index in [2.05, 4.69) is 0 Å². The van der Waals surface area contributed by atoms with Crippen molar-refractivity contribution >= 4 is 6.09 Å². The van der Waals surface area contributed by atoms with Crippen molar-refractivity contribution in [2.75, 3.05) is 13.1 Å². The van der Waals surface area contributed by atoms with Crippen LogP contribution in [0.15, 0.2) is 18.2 Å². The Kier molecular flexibility index (Phi) is 3.26. The number of carbonyl (C=O) groups is 1. The highest BCUT2D eigenvalue weighted by atomic mass is 19.1. The fraction of sp³-hybridized carbons (Fsp3) is 0.462. The minimum Gasteiger partial charge on any atom is -0.465 e. The first-order valence-corrected chi connectivity index (χ1v) is 5.89. The van der Waals surface area contributed by atoms with Crippen molar-refractivity contribution in [3.8, 4) is 0 Å². The average molecular weight is 253 g/mol. The zero-order chi connectivity index (χ0) is 13.3. The number of halogens is 1. The van der Waals surface area contributed by atoms with Gasteiger partial charge in [0.1, 0.15) is 5.82 Å². The lowest BCUT2D eigenvalue weighted by Crippen LogP contribution is -2.44. The number of hydrogen-bond acceptors (Lipinski definition) is 2. The van der Waals surface area contributed by atoms with Crippen LogP contribution in [0.25, 0.3) is 0 Å². The highest BCUT2D eigenvalue weighted by Crippen LogP contribution is 2.33. The summed E-state index contributed by atoms with van der Waals surface area (Å²) in [5.74, 6) is -0.376. The van der Waals surface area contributed by atoms with Crippen molar-refractivity contribution < 1.29 is 19.4 Å². The predicted molar refractivity (Wildman–Crippen MR) is 63.9 cm³/mol. The molecule has 1 saturated heterocycles. The molecule has 0 atom stereocenters. The Bertz CT molecular complexity index is 447. The minimum atomic E-state index is -1.13. The summed E-state index contributed by atoms with van der Waals surface area (Å²) >= 11 is 0. The molecule has 0 spiro atoms. The van der Waals surface area contributed by atoms with Crippen molar-refractivity contribution in [3.63, 3.8) is 0 Å². The molecule has 2 N–H and O–H groups in total. The third-order valence-corrected chi connectivity index (χ3v) is 3.44. The van der Waals surface area contributed by atoms with Crippen LogP contribution in [0.2, 0.25) is 0 Å². The molecule has 1 fully saturated rings. The Labute approximate surface area is 105 Å². The molecule has 4 nitrogen and oxygen atoms in total. The Hall–Kier alpha value is -1.62. The number of hydrogen-bond donors (Lipinski definition) is 2. The summed E-state index contributed by atoms with van der Waals surface area (Å²) in [4.78, 5) is 12.1. The lowest BCUT2D eigenvalue weighted by molar-refractivity contribution is -0.0216. The van der Waals surface area contributed by atoms with Crippen LogP contribution in [-0.4, -0.2) is 34.3 Å². The molecule has 2 rings (SSSR count). The van der Waals surface area contributed by atoms with E-state index in [-0.39, 0.29) is 18.9 Å². The van der Waals surface area contributed by atoms with E-state index < -0.39 is 11.7 Å². The van der Waals surface area contributed by atoms with Gasteiger partial charge in [0.15, 0.2) is 0 Å². The lowest BCUT2D eigenvalue weighted by atomic mass is 9.84. The third-order valence-electron chi connectivity index (χ3n) is 3.44. The molecule has 0 saturated carbocycles. The number of aliphatic hydroxyl groups is 1. The van der Waals surface area contributed by atoms with Crippen LogP contribution in [0.4, 0.5) is 9.18 Å². The van der Waals surface area contributed by atoms with E-state index in [9.17, 15) is 14.3 Å². The number of aryl methyl sites for hydroxylation is 1. The van der Waals surface area contributed by atoms with Gasteiger partial charge < -0.3 is 15.1 Å². The molecule has 1 aromatic carbocycles. The molecule has 1 aliphatic rings. The van der Waals surface area contributed by atoms with Crippen molar-refractivity contribution in [2.24, 2.45) is 0 Å². The fourth-order valence-corrected chi connectivity index (χ4v) is 2.36. The molecule has 1 aliphatic heterocycles. The van der Waals surface area contributed by atoms with E-state index in [0.717, 1.165) is 5.56 Å². The summed E-state index contributed by atoms with van der Waals surface area (Å²) in [6.45, 7) is 2.30. The maximum Gasteiger partial charge on any atom is 0.407 e. The van der Waals surface area contributed by atoms with Gasteiger partial charge in [-0.1, -0.05) is 6.07 Å². The summed E-state index contributed by atoms with van der Waals surface area (Å²) in [5, 5.41) is 19.4. The number of piperidine rings is 1. The summed E-state index contributed by atoms with van der Waals surface area (Å²) in [6, 6.07) is 4.47. The molecule has 5 heteroatoms. The normalized spacial score (nSPS) is 18.7. The predicted octanol–water partition coefficient (Wildman–Crippen LogP) is 2.10. The van der Waals surface area contributed by atoms with Gasteiger partial charge >= 0.3 is 6.09 Å². The molecule has 0 radical (unpaired) electrons. The van der Waals surface area contributed by atoms with Gasteiger partial charge in [0.2, 0.25) is 0 Å². The molecule has 0 bridgehead atoms. The maximum absolute atomic E-state index is 13.3. The zero-order valence-corrected chi connectivity index (χ0v) is 10.2. The number of rotatable bonds is 1. The number of likely N-dealkylation sites (tertiary alicyclic amines) is 1. The lowest BCUT2D eigenvalue weighted by Gasteiger charge is -2.37. The van der Waals surface area contributed by atoms with Gasteiger partial charge in [-0.3, -0.25) is 0 Å². The van der Waals surface area contributed by atoms with Crippen molar-refractivity contribution in [1.82, 2.24) is 4.90 Å². The number of benzene rings is 1. The van der Waals surface area contributed by atoms with Crippen LogP contribution in [-0.2, 0) is 5.60 Å². The minimum absolute atomic E-state index is 0.265. The smallest absolute Gasteiger partial charge is 0.407 e. The van der Waals surface area contributed by atoms with Crippen molar-refractivity contribution in [2.45, 2.75) is 25.4 Å². The van der Waals surface area contributed by atoms with Gasteiger partial charge in [-0.2, -0.15) is 0 Å². The highest BCUT2D eigenvalue weighted by Gasteiger charge is 2.35. The van der Waals surface area contributed by atoms with E-state index in [1.54, 1.807) is 13.0 Å². The van der Waals surface area contributed by atoms with Gasteiger partial charge in [-0.05, 0) is 43.0 Å². The second-order valence-corrected chi connectivity index (χ2v) is 4.82. The molecule has 1 heterocycles. The molecular weight excluding hydrogens is 237 g/mol. The molecular formula is C13H16FNO3. The Morgan fingerprint density at radius 3 is 2.44 bits per heavy atom. The number of carboxylic acid groups (broad SMARTS) is 1. The second kappa shape index (κ2) is 4.57. The summed E-state index contributed by atoms with van der Waals surface area (Å²) < 4.78 is 13.3. The topological polar surface area (TPSA) is 60.8 Å². The zero-order valence-electron chi connectivity index (χ0n) is 10.2. The maximum atomic E-state index is 13.3. The monoisotopic (exact) mass is 253 g/mol. The molecule has 0 aromatic heterocycles. The van der Waals surface area contributed by atoms with Crippen molar-refractivity contribution in [1.29, 1.82) is 0 Å². The van der Waals surface area contributed by atoms with Crippen LogP contribution in [0.1, 0.15) is 24.0 Å². The largest absolute Gasteiger partial charge is 0.465 e.